The van der Waals surface area contributed by atoms with Crippen LogP contribution in [0.25, 0.3) is 0 Å². The summed E-state index contributed by atoms with van der Waals surface area (Å²) in [7, 11) is -3.58. The summed E-state index contributed by atoms with van der Waals surface area (Å²) in [5.41, 5.74) is 1.00. The van der Waals surface area contributed by atoms with Gasteiger partial charge in [0.05, 0.1) is 17.4 Å². The topological polar surface area (TPSA) is 63.7 Å². The largest absolute Gasteiger partial charge is 0.466 e. The molecule has 1 heterocycles. The van der Waals surface area contributed by atoms with Crippen molar-refractivity contribution in [2.24, 2.45) is 5.92 Å². The number of sulfonamides is 1. The Hall–Kier alpha value is -1.11. The molecular formula is C16H22ClNO4S. The quantitative estimate of drug-likeness (QED) is 0.578. The predicted octanol–water partition coefficient (Wildman–Crippen LogP) is 2.43. The monoisotopic (exact) mass is 359 g/mol. The van der Waals surface area contributed by atoms with E-state index in [0.717, 1.165) is 5.56 Å². The minimum Gasteiger partial charge on any atom is -0.466 e. The molecule has 128 valence electrons. The van der Waals surface area contributed by atoms with Crippen molar-refractivity contribution in [3.8, 4) is 0 Å². The summed E-state index contributed by atoms with van der Waals surface area (Å²) in [6, 6.07) is 6.76. The van der Waals surface area contributed by atoms with E-state index < -0.39 is 10.0 Å². The van der Waals surface area contributed by atoms with Gasteiger partial charge in [-0.05, 0) is 43.9 Å². The first-order valence-corrected chi connectivity index (χ1v) is 9.78. The minimum absolute atomic E-state index is 0.185. The average Bonchev–Trinajstić information content (AvgIpc) is 2.56. The Labute approximate surface area is 142 Å². The predicted molar refractivity (Wildman–Crippen MR) is 89.0 cm³/mol. The number of alkyl halides is 1. The summed E-state index contributed by atoms with van der Waals surface area (Å²) in [6.45, 7) is 2.67. The summed E-state index contributed by atoms with van der Waals surface area (Å²) in [4.78, 5) is 12.1. The van der Waals surface area contributed by atoms with Crippen molar-refractivity contribution in [2.75, 3.05) is 25.6 Å². The number of hydrogen-bond donors (Lipinski definition) is 0. The fourth-order valence-corrected chi connectivity index (χ4v) is 4.44. The Morgan fingerprint density at radius 1 is 1.35 bits per heavy atom. The van der Waals surface area contributed by atoms with Gasteiger partial charge in [-0.25, -0.2) is 8.42 Å². The van der Waals surface area contributed by atoms with E-state index >= 15 is 0 Å². The molecule has 1 aliphatic heterocycles. The Balaban J connectivity index is 2.13. The zero-order valence-electron chi connectivity index (χ0n) is 13.2. The molecule has 0 radical (unpaired) electrons. The fraction of sp³-hybridized carbons (Fsp3) is 0.562. The SMILES string of the molecule is CCOC(=O)C1CCCN(S(=O)(=O)c2ccc(CCCl)cc2)C1. The molecule has 1 aliphatic rings. The van der Waals surface area contributed by atoms with Gasteiger partial charge in [-0.3, -0.25) is 4.79 Å². The van der Waals surface area contributed by atoms with Crippen LogP contribution in [-0.2, 0) is 26.0 Å². The van der Waals surface area contributed by atoms with E-state index in [9.17, 15) is 13.2 Å². The van der Waals surface area contributed by atoms with E-state index in [2.05, 4.69) is 0 Å². The Morgan fingerprint density at radius 2 is 2.04 bits per heavy atom. The third-order valence-corrected chi connectivity index (χ3v) is 6.02. The van der Waals surface area contributed by atoms with E-state index in [1.54, 1.807) is 31.2 Å². The summed E-state index contributed by atoms with van der Waals surface area (Å²) >= 11 is 5.69. The third kappa shape index (κ3) is 4.46. The lowest BCUT2D eigenvalue weighted by molar-refractivity contribution is -0.149. The van der Waals surface area contributed by atoms with E-state index in [1.807, 2.05) is 0 Å². The van der Waals surface area contributed by atoms with E-state index in [0.29, 0.717) is 38.3 Å². The number of esters is 1. The van der Waals surface area contributed by atoms with Gasteiger partial charge in [0.25, 0.3) is 0 Å². The lowest BCUT2D eigenvalue weighted by Crippen LogP contribution is -2.42. The number of piperidine rings is 1. The summed E-state index contributed by atoms with van der Waals surface area (Å²) < 4.78 is 31.9. The first-order chi connectivity index (χ1) is 11.0. The van der Waals surface area contributed by atoms with Crippen LogP contribution >= 0.6 is 11.6 Å². The van der Waals surface area contributed by atoms with Gasteiger partial charge in [0.15, 0.2) is 0 Å². The average molecular weight is 360 g/mol. The van der Waals surface area contributed by atoms with Crippen LogP contribution in [0.3, 0.4) is 0 Å². The van der Waals surface area contributed by atoms with E-state index in [1.165, 1.54) is 4.31 Å². The number of hydrogen-bond acceptors (Lipinski definition) is 4. The third-order valence-electron chi connectivity index (χ3n) is 3.95. The number of rotatable bonds is 6. The van der Waals surface area contributed by atoms with Gasteiger partial charge in [-0.1, -0.05) is 12.1 Å². The number of carbonyl (C=O) groups is 1. The van der Waals surface area contributed by atoms with Gasteiger partial charge in [0.1, 0.15) is 0 Å². The van der Waals surface area contributed by atoms with Crippen molar-refractivity contribution in [2.45, 2.75) is 31.1 Å². The molecular weight excluding hydrogens is 338 g/mol. The molecule has 1 aromatic carbocycles. The molecule has 2 rings (SSSR count). The summed E-state index contributed by atoms with van der Waals surface area (Å²) in [5, 5.41) is 0. The van der Waals surface area contributed by atoms with E-state index in [-0.39, 0.29) is 23.3 Å². The van der Waals surface area contributed by atoms with Crippen molar-refractivity contribution in [3.05, 3.63) is 29.8 Å². The Morgan fingerprint density at radius 3 is 2.65 bits per heavy atom. The summed E-state index contributed by atoms with van der Waals surface area (Å²) in [6.07, 6.45) is 2.03. The number of nitrogens with zero attached hydrogens (tertiary/aromatic N) is 1. The van der Waals surface area contributed by atoms with Crippen molar-refractivity contribution in [1.82, 2.24) is 4.31 Å². The van der Waals surface area contributed by atoms with Crippen LogP contribution in [0.2, 0.25) is 0 Å². The smallest absolute Gasteiger partial charge is 0.310 e. The molecule has 0 aliphatic carbocycles. The van der Waals surface area contributed by atoms with Crippen LogP contribution < -0.4 is 0 Å². The molecule has 7 heteroatoms. The van der Waals surface area contributed by atoms with Crippen molar-refractivity contribution in [3.63, 3.8) is 0 Å². The standard InChI is InChI=1S/C16H22ClNO4S/c1-2-22-16(19)14-4-3-11-18(12-14)23(20,21)15-7-5-13(6-8-15)9-10-17/h5-8,14H,2-4,9-12H2,1H3. The maximum Gasteiger partial charge on any atom is 0.310 e. The van der Waals surface area contributed by atoms with Crippen LogP contribution in [0.4, 0.5) is 0 Å². The molecule has 0 amide bonds. The van der Waals surface area contributed by atoms with Crippen LogP contribution in [0, 0.1) is 5.92 Å². The lowest BCUT2D eigenvalue weighted by Gasteiger charge is -2.30. The highest BCUT2D eigenvalue weighted by atomic mass is 35.5. The minimum atomic E-state index is -3.58. The van der Waals surface area contributed by atoms with Crippen molar-refractivity contribution in [1.29, 1.82) is 0 Å². The highest BCUT2D eigenvalue weighted by molar-refractivity contribution is 7.89. The van der Waals surface area contributed by atoms with Crippen molar-refractivity contribution < 1.29 is 17.9 Å². The maximum atomic E-state index is 12.7. The van der Waals surface area contributed by atoms with Gasteiger partial charge >= 0.3 is 5.97 Å². The number of benzene rings is 1. The highest BCUT2D eigenvalue weighted by Crippen LogP contribution is 2.24. The van der Waals surface area contributed by atoms with E-state index in [4.69, 9.17) is 16.3 Å². The molecule has 0 bridgehead atoms. The molecule has 5 nitrogen and oxygen atoms in total. The van der Waals surface area contributed by atoms with Gasteiger partial charge in [-0.15, -0.1) is 11.6 Å². The zero-order valence-corrected chi connectivity index (χ0v) is 14.8. The number of carbonyl (C=O) groups excluding carboxylic acids is 1. The van der Waals surface area contributed by atoms with Crippen LogP contribution in [0.15, 0.2) is 29.2 Å². The van der Waals surface area contributed by atoms with Crippen LogP contribution in [0.1, 0.15) is 25.3 Å². The summed E-state index contributed by atoms with van der Waals surface area (Å²) in [5.74, 6) is -0.196. The molecule has 0 saturated carbocycles. The number of halogens is 1. The highest BCUT2D eigenvalue weighted by Gasteiger charge is 2.33. The first-order valence-electron chi connectivity index (χ1n) is 7.80. The van der Waals surface area contributed by atoms with Gasteiger partial charge in [0, 0.05) is 19.0 Å². The molecule has 1 unspecified atom stereocenters. The second-order valence-electron chi connectivity index (χ2n) is 5.54. The Kier molecular flexibility index (Phi) is 6.44. The van der Waals surface area contributed by atoms with Gasteiger partial charge < -0.3 is 4.74 Å². The van der Waals surface area contributed by atoms with Gasteiger partial charge in [-0.2, -0.15) is 4.31 Å². The van der Waals surface area contributed by atoms with Gasteiger partial charge in [0.2, 0.25) is 10.0 Å². The number of ether oxygens (including phenoxy) is 1. The second kappa shape index (κ2) is 8.13. The lowest BCUT2D eigenvalue weighted by atomic mass is 10.0. The number of aryl methyl sites for hydroxylation is 1. The van der Waals surface area contributed by atoms with Crippen LogP contribution in [-0.4, -0.2) is 44.3 Å². The van der Waals surface area contributed by atoms with Crippen molar-refractivity contribution >= 4 is 27.6 Å². The molecule has 1 fully saturated rings. The zero-order chi connectivity index (χ0) is 16.9. The molecule has 1 atom stereocenters. The molecule has 0 aromatic heterocycles. The molecule has 0 spiro atoms. The molecule has 23 heavy (non-hydrogen) atoms. The fourth-order valence-electron chi connectivity index (χ4n) is 2.70. The maximum absolute atomic E-state index is 12.7. The molecule has 1 saturated heterocycles. The second-order valence-corrected chi connectivity index (χ2v) is 7.85. The molecule has 1 aromatic rings. The van der Waals surface area contributed by atoms with Crippen LogP contribution in [0.5, 0.6) is 0 Å². The normalized spacial score (nSPS) is 19.5. The first kappa shape index (κ1) is 18.2. The Bertz CT molecular complexity index is 630. The molecule has 0 N–H and O–H groups in total.